The van der Waals surface area contributed by atoms with Crippen molar-refractivity contribution in [2.75, 3.05) is 44.8 Å². The molecule has 0 spiro atoms. The lowest BCUT2D eigenvalue weighted by atomic mass is 9.97. The number of aliphatic hydroxyl groups excluding tert-OH is 1. The molecule has 8 nitrogen and oxygen atoms in total. The van der Waals surface area contributed by atoms with Crippen molar-refractivity contribution in [3.63, 3.8) is 0 Å². The van der Waals surface area contributed by atoms with E-state index in [4.69, 9.17) is 16.3 Å². The minimum absolute atomic E-state index is 0.0984. The Balaban J connectivity index is 1.48. The number of aromatic nitrogens is 3. The van der Waals surface area contributed by atoms with Gasteiger partial charge in [-0.1, -0.05) is 17.7 Å². The lowest BCUT2D eigenvalue weighted by molar-refractivity contribution is 0.0526. The van der Waals surface area contributed by atoms with E-state index in [0.29, 0.717) is 33.1 Å². The number of hydrogen-bond acceptors (Lipinski definition) is 6. The second kappa shape index (κ2) is 11.1. The molecular weight excluding hydrogens is 533 g/mol. The molecule has 1 fully saturated rings. The maximum Gasteiger partial charge on any atom is 0.332 e. The highest BCUT2D eigenvalue weighted by Crippen LogP contribution is 2.41. The molecule has 1 aliphatic heterocycles. The number of aliphatic hydroxyl groups is 1. The van der Waals surface area contributed by atoms with Gasteiger partial charge in [-0.2, -0.15) is 0 Å². The molecule has 210 valence electrons. The Hall–Kier alpha value is -3.66. The molecular formula is C30H33ClFN5O3. The molecule has 0 aliphatic carbocycles. The van der Waals surface area contributed by atoms with Gasteiger partial charge < -0.3 is 19.3 Å². The van der Waals surface area contributed by atoms with Gasteiger partial charge in [-0.15, -0.1) is 0 Å². The number of imidazole rings is 1. The molecule has 0 bridgehead atoms. The van der Waals surface area contributed by atoms with Crippen LogP contribution in [0.3, 0.4) is 0 Å². The van der Waals surface area contributed by atoms with E-state index in [1.54, 1.807) is 50.9 Å². The van der Waals surface area contributed by atoms with Crippen LogP contribution in [-0.2, 0) is 7.05 Å². The molecule has 0 amide bonds. The van der Waals surface area contributed by atoms with Gasteiger partial charge in [-0.25, -0.2) is 14.2 Å². The quantitative estimate of drug-likeness (QED) is 0.353. The molecule has 2 aromatic carbocycles. The monoisotopic (exact) mass is 565 g/mol. The summed E-state index contributed by atoms with van der Waals surface area (Å²) >= 11 is 6.61. The van der Waals surface area contributed by atoms with Gasteiger partial charge in [-0.3, -0.25) is 9.47 Å². The van der Waals surface area contributed by atoms with Gasteiger partial charge in [0.2, 0.25) is 0 Å². The van der Waals surface area contributed by atoms with E-state index in [-0.39, 0.29) is 17.8 Å². The highest BCUT2D eigenvalue weighted by atomic mass is 35.5. The number of aryl methyl sites for hydroxylation is 1. The molecule has 10 heteroatoms. The van der Waals surface area contributed by atoms with Gasteiger partial charge in [0.25, 0.3) is 0 Å². The van der Waals surface area contributed by atoms with Gasteiger partial charge in [-0.05, 0) is 61.4 Å². The van der Waals surface area contributed by atoms with Crippen molar-refractivity contribution in [3.05, 3.63) is 82.4 Å². The summed E-state index contributed by atoms with van der Waals surface area (Å²) in [7, 11) is 3.23. The topological polar surface area (TPSA) is 75.8 Å². The van der Waals surface area contributed by atoms with Crippen LogP contribution < -0.4 is 15.3 Å². The van der Waals surface area contributed by atoms with Gasteiger partial charge in [0.1, 0.15) is 17.4 Å². The van der Waals surface area contributed by atoms with Crippen LogP contribution in [0.4, 0.5) is 10.2 Å². The summed E-state index contributed by atoms with van der Waals surface area (Å²) in [5.41, 5.74) is 2.63. The molecule has 5 rings (SSSR count). The van der Waals surface area contributed by atoms with Gasteiger partial charge in [0, 0.05) is 68.5 Å². The minimum Gasteiger partial charge on any atom is -0.495 e. The fourth-order valence-corrected chi connectivity index (χ4v) is 5.43. The van der Waals surface area contributed by atoms with Crippen molar-refractivity contribution in [2.45, 2.75) is 19.4 Å². The Morgan fingerprint density at radius 1 is 1.02 bits per heavy atom. The van der Waals surface area contributed by atoms with Crippen LogP contribution in [0.15, 0.2) is 65.8 Å². The first kappa shape index (κ1) is 27.9. The van der Waals surface area contributed by atoms with Crippen molar-refractivity contribution < 1.29 is 14.2 Å². The Kier molecular flexibility index (Phi) is 7.72. The van der Waals surface area contributed by atoms with Crippen LogP contribution in [0.5, 0.6) is 5.75 Å². The van der Waals surface area contributed by atoms with Crippen LogP contribution in [0.25, 0.3) is 27.9 Å². The van der Waals surface area contributed by atoms with Crippen LogP contribution in [0.2, 0.25) is 5.02 Å². The third-order valence-corrected chi connectivity index (χ3v) is 7.93. The van der Waals surface area contributed by atoms with Gasteiger partial charge in [0.05, 0.1) is 24.4 Å². The number of benzene rings is 2. The van der Waals surface area contributed by atoms with Crippen molar-refractivity contribution >= 4 is 17.4 Å². The van der Waals surface area contributed by atoms with Crippen LogP contribution in [0, 0.1) is 5.82 Å². The number of halogens is 2. The zero-order valence-corrected chi connectivity index (χ0v) is 23.8. The molecule has 1 saturated heterocycles. The summed E-state index contributed by atoms with van der Waals surface area (Å²) in [5.74, 6) is 0.893. The van der Waals surface area contributed by atoms with Crippen LogP contribution in [-0.4, -0.2) is 69.6 Å². The van der Waals surface area contributed by atoms with Crippen molar-refractivity contribution in [3.8, 4) is 33.7 Å². The third-order valence-electron chi connectivity index (χ3n) is 7.63. The van der Waals surface area contributed by atoms with E-state index in [0.717, 1.165) is 37.6 Å². The fourth-order valence-electron chi connectivity index (χ4n) is 5.16. The summed E-state index contributed by atoms with van der Waals surface area (Å²) in [6.07, 6.45) is 5.04. The van der Waals surface area contributed by atoms with E-state index in [2.05, 4.69) is 14.8 Å². The molecule has 0 atom stereocenters. The number of nitrogens with zero attached hydrogens (tertiary/aromatic N) is 5. The lowest BCUT2D eigenvalue weighted by Crippen LogP contribution is -2.56. The van der Waals surface area contributed by atoms with E-state index < -0.39 is 5.82 Å². The SMILES string of the molecule is COc1c(-c2ccnc(N3CCN(C(C)(C)CO)CC3)c2)cc(F)cc1-c1ccc(-n2ccn(C)c2=O)c(Cl)c1. The number of rotatable bonds is 7. The highest BCUT2D eigenvalue weighted by Gasteiger charge is 2.29. The second-order valence-corrected chi connectivity index (χ2v) is 11.0. The predicted octanol–water partition coefficient (Wildman–Crippen LogP) is 4.60. The molecule has 0 unspecified atom stereocenters. The molecule has 0 saturated carbocycles. The first-order valence-corrected chi connectivity index (χ1v) is 13.5. The van der Waals surface area contributed by atoms with E-state index in [1.165, 1.54) is 21.3 Å². The lowest BCUT2D eigenvalue weighted by Gasteiger charge is -2.43. The average Bonchev–Trinajstić information content (AvgIpc) is 3.30. The van der Waals surface area contributed by atoms with Gasteiger partial charge in [0.15, 0.2) is 0 Å². The van der Waals surface area contributed by atoms with Crippen LogP contribution in [0.1, 0.15) is 13.8 Å². The summed E-state index contributed by atoms with van der Waals surface area (Å²) < 4.78 is 23.8. The Labute approximate surface area is 237 Å². The molecule has 2 aromatic heterocycles. The average molecular weight is 566 g/mol. The first-order valence-electron chi connectivity index (χ1n) is 13.1. The van der Waals surface area contributed by atoms with Crippen molar-refractivity contribution in [1.82, 2.24) is 19.0 Å². The summed E-state index contributed by atoms with van der Waals surface area (Å²) in [5, 5.41) is 10.1. The molecule has 1 N–H and O–H groups in total. The Morgan fingerprint density at radius 2 is 1.70 bits per heavy atom. The third kappa shape index (κ3) is 5.24. The maximum atomic E-state index is 15.1. The number of pyridine rings is 1. The standard InChI is InChI=1S/C30H33ClFN5O3/c1-30(2,19-38)36-12-10-35(11-13-36)27-16-21(7-8-33-27)24-18-22(32)17-23(28(24)40-4)20-5-6-26(25(31)15-20)37-14-9-34(3)29(37)39/h5-9,14-18,38H,10-13,19H2,1-4H3. The number of ether oxygens (including phenoxy) is 1. The maximum absolute atomic E-state index is 15.1. The number of piperazine rings is 1. The second-order valence-electron chi connectivity index (χ2n) is 10.6. The zero-order chi connectivity index (χ0) is 28.6. The number of anilines is 1. The normalized spacial score (nSPS) is 14.5. The van der Waals surface area contributed by atoms with Crippen molar-refractivity contribution in [1.29, 1.82) is 0 Å². The Bertz CT molecular complexity index is 1590. The van der Waals surface area contributed by atoms with Gasteiger partial charge >= 0.3 is 5.69 Å². The molecule has 4 aromatic rings. The number of methoxy groups -OCH3 is 1. The van der Waals surface area contributed by atoms with Crippen LogP contribution >= 0.6 is 11.6 Å². The van der Waals surface area contributed by atoms with E-state index in [9.17, 15) is 9.90 Å². The fraction of sp³-hybridized carbons (Fsp3) is 0.333. The molecule has 40 heavy (non-hydrogen) atoms. The largest absolute Gasteiger partial charge is 0.495 e. The predicted molar refractivity (Wildman–Crippen MR) is 156 cm³/mol. The summed E-state index contributed by atoms with van der Waals surface area (Å²) in [6, 6.07) is 11.9. The smallest absolute Gasteiger partial charge is 0.332 e. The zero-order valence-electron chi connectivity index (χ0n) is 23.1. The van der Waals surface area contributed by atoms with E-state index in [1.807, 2.05) is 26.0 Å². The van der Waals surface area contributed by atoms with Crippen molar-refractivity contribution in [2.24, 2.45) is 7.05 Å². The molecule has 3 heterocycles. The summed E-state index contributed by atoms with van der Waals surface area (Å²) in [6.45, 7) is 7.31. The molecule has 1 aliphatic rings. The molecule has 0 radical (unpaired) electrons. The summed E-state index contributed by atoms with van der Waals surface area (Å²) in [4.78, 5) is 21.5. The Morgan fingerprint density at radius 3 is 2.27 bits per heavy atom. The number of hydrogen-bond donors (Lipinski definition) is 1. The highest BCUT2D eigenvalue weighted by molar-refractivity contribution is 6.32. The minimum atomic E-state index is -0.413. The van der Waals surface area contributed by atoms with E-state index >= 15 is 4.39 Å². The first-order chi connectivity index (χ1) is 19.1.